The van der Waals surface area contributed by atoms with Crippen molar-refractivity contribution in [3.05, 3.63) is 132 Å². The lowest BCUT2D eigenvalue weighted by Crippen LogP contribution is -2.64. The van der Waals surface area contributed by atoms with Crippen LogP contribution < -0.4 is 10.4 Å². The lowest BCUT2D eigenvalue weighted by atomic mass is 10.2. The van der Waals surface area contributed by atoms with Gasteiger partial charge in [-0.3, -0.25) is 19.2 Å². The molecule has 0 fully saturated rings. The fraction of sp³-hybridized carbons (Fsp3) is 0.211. The van der Waals surface area contributed by atoms with Gasteiger partial charge in [0.15, 0.2) is 0 Å². The standard InChI is InChI=1S/2C16H16O4Si.C6H12O4Si/c1-21(2,19-15(17)13-9-5-3-6-10-13)20-16(18)14-11-7-4-8-12-14;1-13(17)19-21(20-14(2)18,15-9-5-3-6-10-15)16-11-7-4-8-12-16;1-5(7)9-11(3,4)10-6(2)8/h2*3-12H,1-2H3;1-4H3. The summed E-state index contributed by atoms with van der Waals surface area (Å²) in [6.07, 6.45) is 0. The number of carbonyl (C=O) groups excluding carboxylic acids is 6. The normalized spacial score (nSPS) is 10.7. The molecule has 0 heterocycles. The smallest absolute Gasteiger partial charge is 0.485 e. The van der Waals surface area contributed by atoms with Crippen molar-refractivity contribution in [2.75, 3.05) is 0 Å². The minimum Gasteiger partial charge on any atom is -0.485 e. The molecular formula is C38H44O12Si3. The number of carbonyl (C=O) groups is 6. The summed E-state index contributed by atoms with van der Waals surface area (Å²) < 4.78 is 31.5. The van der Waals surface area contributed by atoms with E-state index >= 15 is 0 Å². The van der Waals surface area contributed by atoms with E-state index in [0.717, 1.165) is 0 Å². The Labute approximate surface area is 312 Å². The molecule has 15 heteroatoms. The molecule has 0 spiro atoms. The van der Waals surface area contributed by atoms with Crippen molar-refractivity contribution in [3.8, 4) is 0 Å². The number of benzene rings is 4. The van der Waals surface area contributed by atoms with Crippen LogP contribution >= 0.6 is 0 Å². The molecule has 4 rings (SSSR count). The molecule has 280 valence electrons. The van der Waals surface area contributed by atoms with E-state index in [-0.39, 0.29) is 0 Å². The molecule has 4 aromatic carbocycles. The lowest BCUT2D eigenvalue weighted by Gasteiger charge is -2.29. The Kier molecular flexibility index (Phi) is 16.8. The monoisotopic (exact) mass is 776 g/mol. The van der Waals surface area contributed by atoms with Gasteiger partial charge in [0.25, 0.3) is 23.9 Å². The zero-order valence-electron chi connectivity index (χ0n) is 30.9. The van der Waals surface area contributed by atoms with Crippen molar-refractivity contribution in [3.63, 3.8) is 0 Å². The molecule has 0 bridgehead atoms. The maximum atomic E-state index is 12.0. The van der Waals surface area contributed by atoms with Crippen LogP contribution in [0, 0.1) is 0 Å². The summed E-state index contributed by atoms with van der Waals surface area (Å²) in [6, 6.07) is 35.5. The quantitative estimate of drug-likeness (QED) is 0.184. The summed E-state index contributed by atoms with van der Waals surface area (Å²) in [4.78, 5) is 68.1. The molecule has 0 N–H and O–H groups in total. The average Bonchev–Trinajstić information content (AvgIpc) is 3.08. The van der Waals surface area contributed by atoms with Crippen LogP contribution in [0.1, 0.15) is 48.4 Å². The van der Waals surface area contributed by atoms with E-state index in [4.69, 9.17) is 26.6 Å². The maximum Gasteiger partial charge on any atom is 0.534 e. The molecule has 0 saturated carbocycles. The topological polar surface area (TPSA) is 158 Å². The van der Waals surface area contributed by atoms with E-state index in [2.05, 4.69) is 0 Å². The summed E-state index contributed by atoms with van der Waals surface area (Å²) in [5.74, 6) is -2.74. The summed E-state index contributed by atoms with van der Waals surface area (Å²) in [5, 5.41) is 1.42. The Morgan fingerprint density at radius 2 is 0.604 bits per heavy atom. The third-order valence-corrected chi connectivity index (χ3v) is 12.6. The van der Waals surface area contributed by atoms with Crippen molar-refractivity contribution in [1.29, 1.82) is 0 Å². The SMILES string of the molecule is CC(=O)O[Si](C)(C)OC(C)=O.CC(=O)O[Si](OC(C)=O)(c1ccccc1)c1ccccc1.C[Si](C)(OC(=O)c1ccccc1)OC(=O)c1ccccc1. The fourth-order valence-electron chi connectivity index (χ4n) is 4.59. The molecule has 53 heavy (non-hydrogen) atoms. The van der Waals surface area contributed by atoms with Crippen molar-refractivity contribution < 1.29 is 55.3 Å². The van der Waals surface area contributed by atoms with Gasteiger partial charge in [-0.2, -0.15) is 0 Å². The van der Waals surface area contributed by atoms with E-state index in [0.29, 0.717) is 21.5 Å². The second-order valence-corrected chi connectivity index (χ2v) is 21.2. The summed E-state index contributed by atoms with van der Waals surface area (Å²) in [5.41, 5.74) is 0.877. The fourth-order valence-corrected chi connectivity index (χ4v) is 10.1. The van der Waals surface area contributed by atoms with E-state index in [9.17, 15) is 28.8 Å². The Hall–Kier alpha value is -5.65. The van der Waals surface area contributed by atoms with Crippen LogP contribution in [-0.4, -0.2) is 61.5 Å². The van der Waals surface area contributed by atoms with Crippen LogP contribution in [0.2, 0.25) is 26.2 Å². The van der Waals surface area contributed by atoms with E-state index in [1.54, 1.807) is 74.7 Å². The molecule has 0 unspecified atom stereocenters. The molecule has 0 radical (unpaired) electrons. The highest BCUT2D eigenvalue weighted by molar-refractivity contribution is 6.94. The Morgan fingerprint density at radius 1 is 0.358 bits per heavy atom. The van der Waals surface area contributed by atoms with E-state index in [1.807, 2.05) is 72.8 Å². The van der Waals surface area contributed by atoms with Gasteiger partial charge in [0, 0.05) is 64.3 Å². The number of hydrogen-bond donors (Lipinski definition) is 0. The van der Waals surface area contributed by atoms with E-state index in [1.165, 1.54) is 27.7 Å². The zero-order chi connectivity index (χ0) is 39.7. The molecule has 0 aliphatic carbocycles. The van der Waals surface area contributed by atoms with Crippen LogP contribution in [0.25, 0.3) is 0 Å². The molecular weight excluding hydrogens is 733 g/mol. The summed E-state index contributed by atoms with van der Waals surface area (Å²) >= 11 is 0. The van der Waals surface area contributed by atoms with Crippen molar-refractivity contribution in [2.24, 2.45) is 0 Å². The molecule has 12 nitrogen and oxygen atoms in total. The average molecular weight is 777 g/mol. The molecule has 4 aromatic rings. The van der Waals surface area contributed by atoms with Gasteiger partial charge in [-0.15, -0.1) is 0 Å². The van der Waals surface area contributed by atoms with Crippen LogP contribution in [0.3, 0.4) is 0 Å². The highest BCUT2D eigenvalue weighted by Crippen LogP contribution is 2.15. The van der Waals surface area contributed by atoms with Gasteiger partial charge in [0.2, 0.25) is 0 Å². The molecule has 0 amide bonds. The Bertz CT molecular complexity index is 1690. The highest BCUT2D eigenvalue weighted by Gasteiger charge is 2.49. The lowest BCUT2D eigenvalue weighted by molar-refractivity contribution is -0.140. The van der Waals surface area contributed by atoms with Crippen LogP contribution in [0.5, 0.6) is 0 Å². The van der Waals surface area contributed by atoms with Crippen LogP contribution in [0.4, 0.5) is 0 Å². The summed E-state index contributed by atoms with van der Waals surface area (Å²) in [6.45, 7) is 11.8. The first kappa shape index (κ1) is 43.5. The molecule has 0 aromatic heterocycles. The van der Waals surface area contributed by atoms with Crippen LogP contribution in [-0.2, 0) is 45.7 Å². The van der Waals surface area contributed by atoms with Gasteiger partial charge in [0.05, 0.1) is 11.1 Å². The minimum atomic E-state index is -3.37. The van der Waals surface area contributed by atoms with Gasteiger partial charge < -0.3 is 26.6 Å². The first-order valence-corrected chi connectivity index (χ1v) is 23.8. The van der Waals surface area contributed by atoms with Gasteiger partial charge in [0.1, 0.15) is 0 Å². The van der Waals surface area contributed by atoms with Gasteiger partial charge in [-0.1, -0.05) is 97.1 Å². The van der Waals surface area contributed by atoms with Gasteiger partial charge >= 0.3 is 37.6 Å². The van der Waals surface area contributed by atoms with Crippen molar-refractivity contribution in [1.82, 2.24) is 0 Å². The predicted octanol–water partition coefficient (Wildman–Crippen LogP) is 5.59. The number of rotatable bonds is 10. The van der Waals surface area contributed by atoms with Crippen molar-refractivity contribution >= 4 is 71.9 Å². The first-order valence-electron chi connectivity index (χ1n) is 16.3. The Balaban J connectivity index is 0.000000290. The second-order valence-electron chi connectivity index (χ2n) is 12.0. The van der Waals surface area contributed by atoms with Gasteiger partial charge in [-0.25, -0.2) is 9.59 Å². The molecule has 0 saturated heterocycles. The predicted molar refractivity (Wildman–Crippen MR) is 204 cm³/mol. The maximum absolute atomic E-state index is 12.0. The third-order valence-electron chi connectivity index (χ3n) is 6.36. The highest BCUT2D eigenvalue weighted by atomic mass is 28.4. The van der Waals surface area contributed by atoms with Crippen molar-refractivity contribution in [2.45, 2.75) is 53.9 Å². The third kappa shape index (κ3) is 15.6. The van der Waals surface area contributed by atoms with Crippen LogP contribution in [0.15, 0.2) is 121 Å². The zero-order valence-corrected chi connectivity index (χ0v) is 33.9. The largest absolute Gasteiger partial charge is 0.534 e. The Morgan fingerprint density at radius 3 is 0.868 bits per heavy atom. The molecule has 0 aliphatic heterocycles. The van der Waals surface area contributed by atoms with E-state index < -0.39 is 61.5 Å². The first-order chi connectivity index (χ1) is 24.9. The number of hydrogen-bond acceptors (Lipinski definition) is 12. The van der Waals surface area contributed by atoms with Gasteiger partial charge in [-0.05, 0) is 24.3 Å². The second kappa shape index (κ2) is 20.4. The summed E-state index contributed by atoms with van der Waals surface area (Å²) in [7, 11) is -8.80. The molecule has 0 atom stereocenters. The molecule has 0 aliphatic rings. The minimum absolute atomic E-state index is 0.414.